The molecular formula is C31H24NO4P. The van der Waals surface area contributed by atoms with Crippen molar-refractivity contribution < 1.29 is 17.7 Å². The summed E-state index contributed by atoms with van der Waals surface area (Å²) in [6, 6.07) is 34.9. The molecule has 0 N–H and O–H groups in total. The second kappa shape index (κ2) is 9.11. The molecule has 2 atom stereocenters. The Hall–Kier alpha value is -4.05. The van der Waals surface area contributed by atoms with E-state index in [0.717, 1.165) is 49.0 Å². The lowest BCUT2D eigenvalue weighted by Gasteiger charge is -2.17. The minimum atomic E-state index is -1.73. The summed E-state index contributed by atoms with van der Waals surface area (Å²) in [5.41, 5.74) is 2.57. The van der Waals surface area contributed by atoms with Crippen LogP contribution in [0, 0.1) is 0 Å². The van der Waals surface area contributed by atoms with Gasteiger partial charge < -0.3 is 13.1 Å². The third-order valence-electron chi connectivity index (χ3n) is 6.85. The van der Waals surface area contributed by atoms with Crippen molar-refractivity contribution in [1.29, 1.82) is 0 Å². The van der Waals surface area contributed by atoms with Crippen molar-refractivity contribution in [2.75, 3.05) is 6.61 Å². The van der Waals surface area contributed by atoms with Crippen molar-refractivity contribution in [1.82, 2.24) is 0 Å². The quantitative estimate of drug-likeness (QED) is 0.241. The van der Waals surface area contributed by atoms with Crippen molar-refractivity contribution in [3.05, 3.63) is 109 Å². The standard InChI is InChI=1S/C31H24NO4P/c1-20-32-26(31(34-20)23-11-3-2-4-12-23)19-33-37-35-27-17-15-21-9-5-7-13-24(21)29(27)30-25-14-8-6-10-22(25)16-18-28(30)36-37/h2-18,26,31H,19H2,1H3/t26-,31-/m0/s1. The van der Waals surface area contributed by atoms with Crippen LogP contribution in [0.25, 0.3) is 43.5 Å². The van der Waals surface area contributed by atoms with Crippen LogP contribution < -0.4 is 4.52 Å². The number of fused-ring (bicyclic) bond motifs is 7. The van der Waals surface area contributed by atoms with E-state index in [1.54, 1.807) is 0 Å². The zero-order chi connectivity index (χ0) is 24.8. The number of ether oxygens (including phenoxy) is 1. The largest absolute Gasteiger partial charge is 0.471 e. The lowest BCUT2D eigenvalue weighted by molar-refractivity contribution is 0.171. The molecule has 6 heteroatoms. The molecule has 5 nitrogen and oxygen atoms in total. The van der Waals surface area contributed by atoms with E-state index in [0.29, 0.717) is 12.5 Å². The Morgan fingerprint density at radius 2 is 1.27 bits per heavy atom. The molecule has 0 radical (unpaired) electrons. The van der Waals surface area contributed by atoms with Gasteiger partial charge in [0.1, 0.15) is 23.3 Å². The molecule has 0 saturated heterocycles. The van der Waals surface area contributed by atoms with Gasteiger partial charge in [0.25, 0.3) is 0 Å². The van der Waals surface area contributed by atoms with Gasteiger partial charge in [0, 0.05) is 17.7 Å². The Balaban J connectivity index is 1.39. The van der Waals surface area contributed by atoms with Crippen molar-refractivity contribution in [3.63, 3.8) is 0 Å². The van der Waals surface area contributed by atoms with Crippen molar-refractivity contribution in [3.8, 4) is 0 Å². The topological polar surface area (TPSA) is 57.1 Å². The molecule has 1 aliphatic rings. The fraction of sp³-hybridized carbons (Fsp3) is 0.129. The summed E-state index contributed by atoms with van der Waals surface area (Å²) in [4.78, 5) is 4.69. The van der Waals surface area contributed by atoms with Crippen LogP contribution in [0.4, 0.5) is 0 Å². The smallest absolute Gasteiger partial charge is 0.387 e. The summed E-state index contributed by atoms with van der Waals surface area (Å²) in [5, 5.41) is 6.58. The molecular weight excluding hydrogens is 481 g/mol. The lowest BCUT2D eigenvalue weighted by atomic mass is 9.99. The van der Waals surface area contributed by atoms with E-state index < -0.39 is 8.24 Å². The Morgan fingerprint density at radius 1 is 0.703 bits per heavy atom. The second-order valence-corrected chi connectivity index (χ2v) is 10.3. The number of nitrogens with zero attached hydrogens (tertiary/aromatic N) is 1. The highest BCUT2D eigenvalue weighted by Gasteiger charge is 2.31. The van der Waals surface area contributed by atoms with Crippen LogP contribution in [0.5, 0.6) is 0 Å². The van der Waals surface area contributed by atoms with Crippen molar-refractivity contribution in [2.45, 2.75) is 19.1 Å². The maximum Gasteiger partial charge on any atom is 0.387 e. The molecule has 182 valence electrons. The maximum atomic E-state index is 6.46. The molecule has 0 spiro atoms. The predicted molar refractivity (Wildman–Crippen MR) is 150 cm³/mol. The number of hydrogen-bond acceptors (Lipinski definition) is 5. The first kappa shape index (κ1) is 22.2. The summed E-state index contributed by atoms with van der Waals surface area (Å²) in [6.45, 7) is 2.19. The third-order valence-corrected chi connectivity index (χ3v) is 7.90. The number of hydrogen-bond donors (Lipinski definition) is 0. The van der Waals surface area contributed by atoms with Gasteiger partial charge >= 0.3 is 8.24 Å². The highest BCUT2D eigenvalue weighted by Crippen LogP contribution is 2.40. The Kier molecular flexibility index (Phi) is 5.46. The molecule has 0 unspecified atom stereocenters. The van der Waals surface area contributed by atoms with Gasteiger partial charge in [-0.1, -0.05) is 91.0 Å². The zero-order valence-electron chi connectivity index (χ0n) is 20.2. The number of aliphatic imine (C=N–C) groups is 1. The fourth-order valence-corrected chi connectivity index (χ4v) is 6.23. The molecule has 5 aromatic carbocycles. The average Bonchev–Trinajstić information content (AvgIpc) is 3.23. The van der Waals surface area contributed by atoms with Gasteiger partial charge in [-0.3, -0.25) is 4.52 Å². The maximum absolute atomic E-state index is 6.46. The minimum absolute atomic E-state index is 0.187. The number of benzene rings is 5. The van der Waals surface area contributed by atoms with Gasteiger partial charge in [0.15, 0.2) is 5.90 Å². The summed E-state index contributed by atoms with van der Waals surface area (Å²) in [5.74, 6) is 0.659. The first-order valence-corrected chi connectivity index (χ1v) is 13.4. The minimum Gasteiger partial charge on any atom is -0.471 e. The highest BCUT2D eigenvalue weighted by molar-refractivity contribution is 7.31. The zero-order valence-corrected chi connectivity index (χ0v) is 21.1. The predicted octanol–water partition coefficient (Wildman–Crippen LogP) is 8.58. The van der Waals surface area contributed by atoms with E-state index in [2.05, 4.69) is 72.8 Å². The Labute approximate surface area is 214 Å². The lowest BCUT2D eigenvalue weighted by Crippen LogP contribution is -2.21. The molecule has 1 aromatic heterocycles. The third kappa shape index (κ3) is 3.97. The molecule has 7 rings (SSSR count). The van der Waals surface area contributed by atoms with Gasteiger partial charge in [0.2, 0.25) is 0 Å². The first-order chi connectivity index (χ1) is 18.2. The van der Waals surface area contributed by atoms with Crippen LogP contribution in [0.15, 0.2) is 117 Å². The van der Waals surface area contributed by atoms with Crippen molar-refractivity contribution in [2.24, 2.45) is 4.99 Å². The van der Waals surface area contributed by atoms with E-state index in [9.17, 15) is 0 Å². The summed E-state index contributed by atoms with van der Waals surface area (Å²) < 4.78 is 25.3. The average molecular weight is 506 g/mol. The summed E-state index contributed by atoms with van der Waals surface area (Å²) in [6.07, 6.45) is -0.198. The van der Waals surface area contributed by atoms with E-state index >= 15 is 0 Å². The van der Waals surface area contributed by atoms with Crippen LogP contribution in [0.2, 0.25) is 0 Å². The fourth-order valence-electron chi connectivity index (χ4n) is 5.19. The Bertz CT molecular complexity index is 1750. The van der Waals surface area contributed by atoms with Crippen LogP contribution in [-0.2, 0) is 4.74 Å². The molecule has 0 amide bonds. The van der Waals surface area contributed by atoms with Gasteiger partial charge in [-0.15, -0.1) is 0 Å². The van der Waals surface area contributed by atoms with Gasteiger partial charge in [-0.05, 0) is 39.2 Å². The van der Waals surface area contributed by atoms with E-state index in [1.165, 1.54) is 0 Å². The molecule has 1 aliphatic heterocycles. The van der Waals surface area contributed by atoms with E-state index in [-0.39, 0.29) is 12.1 Å². The van der Waals surface area contributed by atoms with Gasteiger partial charge in [0.05, 0.1) is 6.61 Å². The SMILES string of the molecule is CC1=N[C@@H](COp2oc3ccc4ccccc4c3c3c(ccc4ccccc43)o2)[C@H](c2ccccc2)O1. The highest BCUT2D eigenvalue weighted by atomic mass is 31.1. The van der Waals surface area contributed by atoms with Crippen molar-refractivity contribution >= 4 is 57.6 Å². The molecule has 6 aromatic rings. The molecule has 2 heterocycles. The van der Waals surface area contributed by atoms with Crippen LogP contribution in [0.3, 0.4) is 0 Å². The molecule has 0 saturated carbocycles. The Morgan fingerprint density at radius 3 is 1.89 bits per heavy atom. The monoisotopic (exact) mass is 505 g/mol. The summed E-state index contributed by atoms with van der Waals surface area (Å²) in [7, 11) is -1.73. The van der Waals surface area contributed by atoms with Crippen LogP contribution in [-0.4, -0.2) is 18.5 Å². The molecule has 37 heavy (non-hydrogen) atoms. The van der Waals surface area contributed by atoms with E-state index in [4.69, 9.17) is 22.6 Å². The number of rotatable bonds is 4. The molecule has 0 bridgehead atoms. The summed E-state index contributed by atoms with van der Waals surface area (Å²) >= 11 is 0. The van der Waals surface area contributed by atoms with Crippen LogP contribution >= 0.6 is 8.24 Å². The molecule has 0 fully saturated rings. The van der Waals surface area contributed by atoms with Gasteiger partial charge in [-0.25, -0.2) is 4.99 Å². The molecule has 0 aliphatic carbocycles. The van der Waals surface area contributed by atoms with E-state index in [1.807, 2.05) is 37.3 Å². The van der Waals surface area contributed by atoms with Gasteiger partial charge in [-0.2, -0.15) is 0 Å². The normalized spacial score (nSPS) is 17.4. The first-order valence-electron chi connectivity index (χ1n) is 12.3. The van der Waals surface area contributed by atoms with Crippen LogP contribution in [0.1, 0.15) is 18.6 Å². The second-order valence-electron chi connectivity index (χ2n) is 9.19.